The van der Waals surface area contributed by atoms with Crippen molar-refractivity contribution >= 4 is 15.9 Å². The summed E-state index contributed by atoms with van der Waals surface area (Å²) in [6.45, 7) is 4.17. The van der Waals surface area contributed by atoms with Crippen molar-refractivity contribution in [3.63, 3.8) is 0 Å². The van der Waals surface area contributed by atoms with E-state index in [-0.39, 0.29) is 24.5 Å². The highest BCUT2D eigenvalue weighted by atomic mass is 79.9. The summed E-state index contributed by atoms with van der Waals surface area (Å²) in [4.78, 5) is 4.31. The van der Waals surface area contributed by atoms with E-state index in [2.05, 4.69) is 57.3 Å². The maximum atomic E-state index is 7.04. The third-order valence-corrected chi connectivity index (χ3v) is 7.40. The molecule has 3 heterocycles. The van der Waals surface area contributed by atoms with Crippen LogP contribution in [-0.4, -0.2) is 40.3 Å². The fourth-order valence-electron chi connectivity index (χ4n) is 5.46. The zero-order valence-electron chi connectivity index (χ0n) is 20.7. The molecule has 2 fully saturated rings. The predicted octanol–water partition coefficient (Wildman–Crippen LogP) is 6.07. The SMILES string of the molecule is CC1(C)O[C@@H]2[C@H](O1)[C@@H](COC(c1ccccc1)(c1ccccc1)c1ccccc1)O[C@@H]2n1cnc(Br)c1. The zero-order chi connectivity index (χ0) is 25.5. The molecule has 0 aliphatic carbocycles. The summed E-state index contributed by atoms with van der Waals surface area (Å²) in [5.74, 6) is -0.719. The van der Waals surface area contributed by atoms with E-state index in [1.807, 2.05) is 79.2 Å². The monoisotopic (exact) mass is 560 g/mol. The lowest BCUT2D eigenvalue weighted by molar-refractivity contribution is -0.205. The predicted molar refractivity (Wildman–Crippen MR) is 143 cm³/mol. The van der Waals surface area contributed by atoms with Crippen LogP contribution in [0, 0.1) is 0 Å². The molecule has 37 heavy (non-hydrogen) atoms. The van der Waals surface area contributed by atoms with Crippen molar-refractivity contribution in [2.24, 2.45) is 0 Å². The van der Waals surface area contributed by atoms with E-state index in [1.165, 1.54) is 0 Å². The highest BCUT2D eigenvalue weighted by Gasteiger charge is 2.56. The molecule has 0 amide bonds. The number of imidazole rings is 1. The van der Waals surface area contributed by atoms with Gasteiger partial charge in [0.15, 0.2) is 12.0 Å². The van der Waals surface area contributed by atoms with Gasteiger partial charge in [0.25, 0.3) is 0 Å². The summed E-state index contributed by atoms with van der Waals surface area (Å²) >= 11 is 3.44. The lowest BCUT2D eigenvalue weighted by atomic mass is 9.80. The van der Waals surface area contributed by atoms with Gasteiger partial charge in [0, 0.05) is 6.20 Å². The first-order valence-corrected chi connectivity index (χ1v) is 13.3. The molecule has 4 aromatic rings. The Morgan fingerprint density at radius 3 is 1.84 bits per heavy atom. The third-order valence-electron chi connectivity index (χ3n) is 6.99. The minimum Gasteiger partial charge on any atom is -0.358 e. The summed E-state index contributed by atoms with van der Waals surface area (Å²) in [7, 11) is 0. The first-order valence-electron chi connectivity index (χ1n) is 12.5. The average molecular weight is 561 g/mol. The van der Waals surface area contributed by atoms with Crippen LogP contribution in [0.2, 0.25) is 0 Å². The van der Waals surface area contributed by atoms with Crippen LogP contribution in [0.15, 0.2) is 108 Å². The molecule has 2 saturated heterocycles. The summed E-state index contributed by atoms with van der Waals surface area (Å²) in [6, 6.07) is 31.0. The van der Waals surface area contributed by atoms with Gasteiger partial charge in [0.05, 0.1) is 12.9 Å². The summed E-state index contributed by atoms with van der Waals surface area (Å²) < 4.78 is 28.9. The van der Waals surface area contributed by atoms with Crippen molar-refractivity contribution < 1.29 is 18.9 Å². The Hall–Kier alpha value is -2.81. The number of ether oxygens (including phenoxy) is 4. The van der Waals surface area contributed by atoms with Gasteiger partial charge in [-0.05, 0) is 46.5 Å². The fraction of sp³-hybridized carbons (Fsp3) is 0.300. The van der Waals surface area contributed by atoms with E-state index in [4.69, 9.17) is 18.9 Å². The summed E-state index contributed by atoms with van der Waals surface area (Å²) in [5.41, 5.74) is 2.29. The molecule has 0 radical (unpaired) electrons. The number of benzene rings is 3. The van der Waals surface area contributed by atoms with E-state index in [0.717, 1.165) is 21.3 Å². The molecule has 1 aromatic heterocycles. The molecule has 2 aliphatic rings. The van der Waals surface area contributed by atoms with Gasteiger partial charge in [-0.1, -0.05) is 91.0 Å². The maximum absolute atomic E-state index is 7.04. The Morgan fingerprint density at radius 2 is 1.35 bits per heavy atom. The molecule has 6 rings (SSSR count). The van der Waals surface area contributed by atoms with Gasteiger partial charge in [0.2, 0.25) is 0 Å². The Morgan fingerprint density at radius 1 is 0.838 bits per heavy atom. The van der Waals surface area contributed by atoms with Gasteiger partial charge in [-0.3, -0.25) is 0 Å². The van der Waals surface area contributed by atoms with E-state index >= 15 is 0 Å². The van der Waals surface area contributed by atoms with Crippen LogP contribution in [0.4, 0.5) is 0 Å². The molecular formula is C30H29BrN2O4. The molecule has 2 aliphatic heterocycles. The van der Waals surface area contributed by atoms with Crippen molar-refractivity contribution in [2.45, 2.75) is 49.8 Å². The van der Waals surface area contributed by atoms with E-state index < -0.39 is 11.4 Å². The molecule has 7 heteroatoms. The Bertz CT molecular complexity index is 1230. The van der Waals surface area contributed by atoms with Crippen molar-refractivity contribution in [1.82, 2.24) is 9.55 Å². The zero-order valence-corrected chi connectivity index (χ0v) is 22.3. The highest BCUT2D eigenvalue weighted by Crippen LogP contribution is 2.45. The first kappa shape index (κ1) is 24.5. The van der Waals surface area contributed by atoms with E-state index in [9.17, 15) is 0 Å². The topological polar surface area (TPSA) is 54.7 Å². The number of rotatable bonds is 7. The molecule has 6 nitrogen and oxygen atoms in total. The molecule has 0 spiro atoms. The van der Waals surface area contributed by atoms with Crippen molar-refractivity contribution in [3.05, 3.63) is 125 Å². The van der Waals surface area contributed by atoms with Gasteiger partial charge in [0.1, 0.15) is 28.5 Å². The second kappa shape index (κ2) is 9.82. The second-order valence-electron chi connectivity index (χ2n) is 9.86. The maximum Gasteiger partial charge on any atom is 0.164 e. The molecule has 3 aromatic carbocycles. The van der Waals surface area contributed by atoms with Gasteiger partial charge in [-0.15, -0.1) is 0 Å². The van der Waals surface area contributed by atoms with Gasteiger partial charge in [-0.2, -0.15) is 0 Å². The Kier molecular flexibility index (Phi) is 6.51. The van der Waals surface area contributed by atoms with Crippen LogP contribution < -0.4 is 0 Å². The number of aromatic nitrogens is 2. The lowest BCUT2D eigenvalue weighted by Gasteiger charge is -2.37. The molecule has 0 N–H and O–H groups in total. The van der Waals surface area contributed by atoms with Gasteiger partial charge < -0.3 is 23.5 Å². The van der Waals surface area contributed by atoms with Crippen LogP contribution in [0.1, 0.15) is 36.8 Å². The fourth-order valence-corrected chi connectivity index (χ4v) is 5.79. The normalized spacial score (nSPS) is 24.7. The smallest absolute Gasteiger partial charge is 0.164 e. The van der Waals surface area contributed by atoms with E-state index in [1.54, 1.807) is 6.33 Å². The van der Waals surface area contributed by atoms with Crippen molar-refractivity contribution in [1.29, 1.82) is 0 Å². The number of halogens is 1. The molecule has 4 atom stereocenters. The minimum absolute atomic E-state index is 0.288. The van der Waals surface area contributed by atoms with Crippen molar-refractivity contribution in [2.75, 3.05) is 6.61 Å². The van der Waals surface area contributed by atoms with Crippen LogP contribution in [0.3, 0.4) is 0 Å². The van der Waals surface area contributed by atoms with Crippen LogP contribution in [0.5, 0.6) is 0 Å². The molecule has 0 saturated carbocycles. The lowest BCUT2D eigenvalue weighted by Crippen LogP contribution is -2.39. The number of fused-ring (bicyclic) bond motifs is 1. The van der Waals surface area contributed by atoms with Crippen LogP contribution in [-0.2, 0) is 24.5 Å². The van der Waals surface area contributed by atoms with E-state index in [0.29, 0.717) is 6.61 Å². The molecule has 0 unspecified atom stereocenters. The second-order valence-corrected chi connectivity index (χ2v) is 10.7. The van der Waals surface area contributed by atoms with Gasteiger partial charge >= 0.3 is 0 Å². The standard InChI is InChI=1S/C30H29BrN2O4/c1-29(2)36-26-24(35-28(27(26)37-29)33-18-25(31)32-20-33)19-34-30(21-12-6-3-7-13-21,22-14-8-4-9-15-22)23-16-10-5-11-17-23/h3-18,20,24,26-28H,19H2,1-2H3/t24-,26-,27-,28+/m1/s1. The number of hydrogen-bond acceptors (Lipinski definition) is 5. The largest absolute Gasteiger partial charge is 0.358 e. The van der Waals surface area contributed by atoms with Crippen molar-refractivity contribution in [3.8, 4) is 0 Å². The van der Waals surface area contributed by atoms with Crippen LogP contribution >= 0.6 is 15.9 Å². The minimum atomic E-state index is -0.840. The first-order chi connectivity index (χ1) is 18.0. The average Bonchev–Trinajstić information content (AvgIpc) is 3.59. The van der Waals surface area contributed by atoms with Crippen LogP contribution in [0.25, 0.3) is 0 Å². The Labute approximate surface area is 225 Å². The summed E-state index contributed by atoms with van der Waals surface area (Å²) in [5, 5.41) is 0. The Balaban J connectivity index is 1.39. The highest BCUT2D eigenvalue weighted by molar-refractivity contribution is 9.10. The molecular weight excluding hydrogens is 532 g/mol. The number of nitrogens with zero attached hydrogens (tertiary/aromatic N) is 2. The van der Waals surface area contributed by atoms with Gasteiger partial charge in [-0.25, -0.2) is 4.98 Å². The third kappa shape index (κ3) is 4.56. The molecule has 0 bridgehead atoms. The summed E-state index contributed by atoms with van der Waals surface area (Å²) in [6.07, 6.45) is 2.33. The number of hydrogen-bond donors (Lipinski definition) is 0. The molecule has 190 valence electrons. The quantitative estimate of drug-likeness (QED) is 0.257.